The van der Waals surface area contributed by atoms with Crippen molar-refractivity contribution in [3.8, 4) is 11.5 Å². The summed E-state index contributed by atoms with van der Waals surface area (Å²) in [6, 6.07) is 10.2. The Kier molecular flexibility index (Phi) is 3.78. The third-order valence-electron chi connectivity index (χ3n) is 2.86. The van der Waals surface area contributed by atoms with Gasteiger partial charge in [0.15, 0.2) is 11.5 Å². The maximum Gasteiger partial charge on any atom is 0.354 e. The van der Waals surface area contributed by atoms with Gasteiger partial charge in [-0.2, -0.15) is 0 Å². The van der Waals surface area contributed by atoms with Gasteiger partial charge >= 0.3 is 5.97 Å². The number of hydrogen-bond donors (Lipinski definition) is 2. The van der Waals surface area contributed by atoms with E-state index in [1.54, 1.807) is 36.7 Å². The molecule has 3 aromatic heterocycles. The second kappa shape index (κ2) is 6.04. The summed E-state index contributed by atoms with van der Waals surface area (Å²) in [5, 5.41) is 12.2. The van der Waals surface area contributed by atoms with Gasteiger partial charge in [0.1, 0.15) is 17.3 Å². The first-order valence-corrected chi connectivity index (χ1v) is 6.52. The van der Waals surface area contributed by atoms with E-state index in [9.17, 15) is 9.90 Å². The molecule has 0 bridgehead atoms. The van der Waals surface area contributed by atoms with Gasteiger partial charge in [-0.05, 0) is 24.3 Å². The zero-order valence-electron chi connectivity index (χ0n) is 11.4. The fourth-order valence-corrected chi connectivity index (χ4v) is 1.85. The van der Waals surface area contributed by atoms with E-state index in [4.69, 9.17) is 4.42 Å². The number of nitrogens with one attached hydrogen (secondary N) is 1. The summed E-state index contributed by atoms with van der Waals surface area (Å²) >= 11 is 0. The molecule has 0 saturated heterocycles. The molecule has 0 spiro atoms. The van der Waals surface area contributed by atoms with Gasteiger partial charge in [0.2, 0.25) is 0 Å². The van der Waals surface area contributed by atoms with Crippen LogP contribution in [0.5, 0.6) is 0 Å². The predicted molar refractivity (Wildman–Crippen MR) is 78.3 cm³/mol. The maximum absolute atomic E-state index is 11.2. The predicted octanol–water partition coefficient (Wildman–Crippen LogP) is 2.44. The Morgan fingerprint density at radius 1 is 1.23 bits per heavy atom. The number of furan rings is 1. The van der Waals surface area contributed by atoms with Gasteiger partial charge in [-0.25, -0.2) is 14.8 Å². The summed E-state index contributed by atoms with van der Waals surface area (Å²) in [6.45, 7) is 0.394. The van der Waals surface area contributed by atoms with E-state index >= 15 is 0 Å². The second-order valence-electron chi connectivity index (χ2n) is 4.42. The molecule has 3 rings (SSSR count). The average molecular weight is 296 g/mol. The number of pyridine rings is 1. The van der Waals surface area contributed by atoms with Gasteiger partial charge in [0, 0.05) is 12.3 Å². The molecule has 3 aromatic rings. The lowest BCUT2D eigenvalue weighted by atomic mass is 10.3. The highest BCUT2D eigenvalue weighted by Gasteiger charge is 2.12. The molecule has 0 radical (unpaired) electrons. The number of hydrogen-bond acceptors (Lipinski definition) is 6. The van der Waals surface area contributed by atoms with Crippen LogP contribution in [0, 0.1) is 0 Å². The Labute approximate surface area is 125 Å². The van der Waals surface area contributed by atoms with Crippen LogP contribution >= 0.6 is 0 Å². The van der Waals surface area contributed by atoms with Crippen LogP contribution in [0.2, 0.25) is 0 Å². The molecule has 7 heteroatoms. The number of rotatable bonds is 5. The molecule has 0 atom stereocenters. The third kappa shape index (κ3) is 3.09. The van der Waals surface area contributed by atoms with Crippen LogP contribution in [-0.2, 0) is 6.54 Å². The van der Waals surface area contributed by atoms with Crippen LogP contribution in [0.1, 0.15) is 16.2 Å². The molecule has 0 aliphatic carbocycles. The molecule has 0 saturated carbocycles. The van der Waals surface area contributed by atoms with E-state index in [2.05, 4.69) is 20.3 Å². The van der Waals surface area contributed by atoms with Crippen molar-refractivity contribution in [2.45, 2.75) is 6.54 Å². The summed E-state index contributed by atoms with van der Waals surface area (Å²) in [5.41, 5.74) is 0.407. The number of aromatic nitrogens is 3. The van der Waals surface area contributed by atoms with Gasteiger partial charge < -0.3 is 14.8 Å². The van der Waals surface area contributed by atoms with E-state index in [0.717, 1.165) is 5.76 Å². The molecule has 7 nitrogen and oxygen atoms in total. The summed E-state index contributed by atoms with van der Waals surface area (Å²) in [4.78, 5) is 23.7. The summed E-state index contributed by atoms with van der Waals surface area (Å²) in [6.07, 6.45) is 3.17. The lowest BCUT2D eigenvalue weighted by Crippen LogP contribution is -2.08. The van der Waals surface area contributed by atoms with Crippen molar-refractivity contribution >= 4 is 11.8 Å². The number of anilines is 1. The van der Waals surface area contributed by atoms with Gasteiger partial charge in [0.05, 0.1) is 12.8 Å². The minimum Gasteiger partial charge on any atom is -0.477 e. The first-order valence-electron chi connectivity index (χ1n) is 6.52. The molecule has 0 amide bonds. The molecular weight excluding hydrogens is 284 g/mol. The largest absolute Gasteiger partial charge is 0.477 e. The molecule has 0 aliphatic heterocycles. The van der Waals surface area contributed by atoms with Gasteiger partial charge in [-0.15, -0.1) is 0 Å². The van der Waals surface area contributed by atoms with Crippen molar-refractivity contribution in [2.75, 3.05) is 5.32 Å². The van der Waals surface area contributed by atoms with Crippen molar-refractivity contribution in [1.29, 1.82) is 0 Å². The zero-order chi connectivity index (χ0) is 15.4. The summed E-state index contributed by atoms with van der Waals surface area (Å²) in [5.74, 6) is 0.238. The Balaban J connectivity index is 1.92. The van der Waals surface area contributed by atoms with Crippen LogP contribution in [0.4, 0.5) is 5.82 Å². The molecule has 2 N–H and O–H groups in total. The molecule has 0 fully saturated rings. The summed E-state index contributed by atoms with van der Waals surface area (Å²) < 4.78 is 5.21. The first-order chi connectivity index (χ1) is 10.7. The minimum atomic E-state index is -1.12. The molecule has 22 heavy (non-hydrogen) atoms. The number of carboxylic acid groups (broad SMARTS) is 1. The highest BCUT2D eigenvalue weighted by Crippen LogP contribution is 2.16. The fourth-order valence-electron chi connectivity index (χ4n) is 1.85. The van der Waals surface area contributed by atoms with E-state index in [0.29, 0.717) is 18.1 Å². The zero-order valence-corrected chi connectivity index (χ0v) is 11.4. The maximum atomic E-state index is 11.2. The third-order valence-corrected chi connectivity index (χ3v) is 2.86. The quantitative estimate of drug-likeness (QED) is 0.745. The molecule has 0 aliphatic rings. The lowest BCUT2D eigenvalue weighted by molar-refractivity contribution is 0.0690. The minimum absolute atomic E-state index is 0.0994. The number of nitrogens with zero attached hydrogens (tertiary/aromatic N) is 3. The second-order valence-corrected chi connectivity index (χ2v) is 4.42. The first kappa shape index (κ1) is 13.7. The molecule has 3 heterocycles. The Bertz CT molecular complexity index is 773. The highest BCUT2D eigenvalue weighted by molar-refractivity contribution is 5.86. The molecular formula is C15H12N4O3. The lowest BCUT2D eigenvalue weighted by Gasteiger charge is -2.07. The van der Waals surface area contributed by atoms with E-state index in [-0.39, 0.29) is 11.5 Å². The fraction of sp³-hybridized carbons (Fsp3) is 0.0667. The standard InChI is InChI=1S/C15H12N4O3/c20-15(21)12-8-13(17-9-10-4-3-7-22-10)19-14(18-12)11-5-1-2-6-16-11/h1-8H,9H2,(H,20,21)(H,17,18,19). The Morgan fingerprint density at radius 3 is 2.82 bits per heavy atom. The van der Waals surface area contributed by atoms with Crippen LogP contribution in [0.25, 0.3) is 11.5 Å². The van der Waals surface area contributed by atoms with Crippen molar-refractivity contribution in [3.63, 3.8) is 0 Å². The highest BCUT2D eigenvalue weighted by atomic mass is 16.4. The number of carbonyl (C=O) groups is 1. The van der Waals surface area contributed by atoms with Crippen LogP contribution in [0.15, 0.2) is 53.3 Å². The Morgan fingerprint density at radius 2 is 2.14 bits per heavy atom. The van der Waals surface area contributed by atoms with Gasteiger partial charge in [-0.1, -0.05) is 6.07 Å². The van der Waals surface area contributed by atoms with Crippen molar-refractivity contribution in [3.05, 3.63) is 60.3 Å². The van der Waals surface area contributed by atoms with Crippen molar-refractivity contribution in [1.82, 2.24) is 15.0 Å². The molecule has 110 valence electrons. The normalized spacial score (nSPS) is 10.4. The number of carboxylic acids is 1. The SMILES string of the molecule is O=C(O)c1cc(NCc2ccco2)nc(-c2ccccn2)n1. The van der Waals surface area contributed by atoms with E-state index in [1.165, 1.54) is 6.07 Å². The average Bonchev–Trinajstić information content (AvgIpc) is 3.07. The number of aromatic carboxylic acids is 1. The van der Waals surface area contributed by atoms with E-state index < -0.39 is 5.97 Å². The van der Waals surface area contributed by atoms with Crippen LogP contribution in [0.3, 0.4) is 0 Å². The smallest absolute Gasteiger partial charge is 0.354 e. The van der Waals surface area contributed by atoms with E-state index in [1.807, 2.05) is 6.07 Å². The van der Waals surface area contributed by atoms with Crippen molar-refractivity contribution in [2.24, 2.45) is 0 Å². The van der Waals surface area contributed by atoms with Gasteiger partial charge in [-0.3, -0.25) is 4.98 Å². The summed E-state index contributed by atoms with van der Waals surface area (Å²) in [7, 11) is 0. The van der Waals surface area contributed by atoms with Crippen LogP contribution in [-0.4, -0.2) is 26.0 Å². The topological polar surface area (TPSA) is 101 Å². The van der Waals surface area contributed by atoms with Crippen molar-refractivity contribution < 1.29 is 14.3 Å². The monoisotopic (exact) mass is 296 g/mol. The Hall–Kier alpha value is -3.22. The van der Waals surface area contributed by atoms with Crippen LogP contribution < -0.4 is 5.32 Å². The molecule has 0 unspecified atom stereocenters. The molecule has 0 aromatic carbocycles. The van der Waals surface area contributed by atoms with Gasteiger partial charge in [0.25, 0.3) is 0 Å².